The Bertz CT molecular complexity index is 1110. The monoisotopic (exact) mass is 367 g/mol. The Labute approximate surface area is 166 Å². The number of rotatable bonds is 2. The lowest BCUT2D eigenvalue weighted by molar-refractivity contribution is 0.00578. The van der Waals surface area contributed by atoms with E-state index in [9.17, 15) is 0 Å². The highest BCUT2D eigenvalue weighted by molar-refractivity contribution is 6.62. The molecule has 0 spiro atoms. The van der Waals surface area contributed by atoms with Gasteiger partial charge in [-0.25, -0.2) is 0 Å². The van der Waals surface area contributed by atoms with Crippen molar-refractivity contribution in [3.8, 4) is 5.69 Å². The smallest absolute Gasteiger partial charge is 0.399 e. The van der Waals surface area contributed by atoms with Crippen LogP contribution in [0.2, 0.25) is 0 Å². The minimum absolute atomic E-state index is 0.338. The molecule has 3 nitrogen and oxygen atoms in total. The number of hydrogen-bond acceptors (Lipinski definition) is 2. The first-order chi connectivity index (χ1) is 13.4. The molecule has 138 valence electrons. The molecule has 0 amide bonds. The largest absolute Gasteiger partial charge is 0.494 e. The summed E-state index contributed by atoms with van der Waals surface area (Å²) in [4.78, 5) is 0. The van der Waals surface area contributed by atoms with Crippen LogP contribution in [-0.2, 0) is 9.31 Å². The van der Waals surface area contributed by atoms with Crippen LogP contribution in [0.3, 0.4) is 0 Å². The molecular weight excluding hydrogens is 345 g/mol. The van der Waals surface area contributed by atoms with E-state index < -0.39 is 0 Å². The molecule has 1 aliphatic heterocycles. The third-order valence-corrected chi connectivity index (χ3v) is 6.11. The van der Waals surface area contributed by atoms with Crippen LogP contribution >= 0.6 is 0 Å². The molecule has 0 bridgehead atoms. The summed E-state index contributed by atoms with van der Waals surface area (Å²) in [6.45, 7) is 8.31. The average molecular weight is 367 g/mol. The third-order valence-electron chi connectivity index (χ3n) is 6.11. The first kappa shape index (κ1) is 17.4. The van der Waals surface area contributed by atoms with Crippen LogP contribution in [0.15, 0.2) is 60.7 Å². The van der Waals surface area contributed by atoms with Gasteiger partial charge in [-0.2, -0.15) is 0 Å². The van der Waals surface area contributed by atoms with Crippen LogP contribution in [-0.4, -0.2) is 22.9 Å². The molecule has 1 fully saturated rings. The van der Waals surface area contributed by atoms with Gasteiger partial charge in [0.25, 0.3) is 0 Å². The molecule has 4 aromatic rings. The summed E-state index contributed by atoms with van der Waals surface area (Å²) >= 11 is 0. The van der Waals surface area contributed by atoms with Crippen molar-refractivity contribution >= 4 is 34.4 Å². The van der Waals surface area contributed by atoms with E-state index in [1.807, 2.05) is 6.07 Å². The van der Waals surface area contributed by atoms with Gasteiger partial charge in [0.1, 0.15) is 0 Å². The predicted octanol–water partition coefficient (Wildman–Crippen LogP) is 4.68. The molecule has 0 unspecified atom stereocenters. The minimum Gasteiger partial charge on any atom is -0.399 e. The summed E-state index contributed by atoms with van der Waals surface area (Å²) in [5.74, 6) is 0. The fraction of sp³-hybridized carbons (Fsp3) is 0.250. The Hall–Kier alpha value is -2.74. The number of para-hydroxylation sites is 1. The molecule has 3 aromatic carbocycles. The van der Waals surface area contributed by atoms with E-state index in [0.29, 0.717) is 0 Å². The number of benzene rings is 2. The number of aromatic nitrogens is 1. The highest BCUT2D eigenvalue weighted by atomic mass is 16.7. The van der Waals surface area contributed by atoms with Gasteiger partial charge in [0.15, 0.2) is 0 Å². The van der Waals surface area contributed by atoms with Crippen molar-refractivity contribution < 1.29 is 9.31 Å². The molecule has 0 aliphatic carbocycles. The normalized spacial score (nSPS) is 17.9. The Kier molecular flexibility index (Phi) is 3.65. The fourth-order valence-corrected chi connectivity index (χ4v) is 3.82. The molecule has 4 heteroatoms. The van der Waals surface area contributed by atoms with Crippen LogP contribution < -0.4 is 5.46 Å². The van der Waals surface area contributed by atoms with Gasteiger partial charge in [0, 0.05) is 11.1 Å². The molecule has 1 saturated heterocycles. The van der Waals surface area contributed by atoms with E-state index in [2.05, 4.69) is 99.0 Å². The van der Waals surface area contributed by atoms with E-state index in [1.54, 1.807) is 0 Å². The maximum absolute atomic E-state index is 6.18. The van der Waals surface area contributed by atoms with Crippen LogP contribution in [0.1, 0.15) is 27.7 Å². The van der Waals surface area contributed by atoms with Crippen molar-refractivity contribution in [3.05, 3.63) is 72.8 Å². The SMILES string of the molecule is CC1(C)OB(c2ccc(-n3c4ccc#cc4c4ccccc43)cc2)OC1(C)C. The van der Waals surface area contributed by atoms with Gasteiger partial charge >= 0.3 is 7.12 Å². The molecule has 0 atom stereocenters. The molecule has 28 heavy (non-hydrogen) atoms. The third kappa shape index (κ3) is 2.47. The molecule has 1 aliphatic rings. The van der Waals surface area contributed by atoms with Gasteiger partial charge in [-0.3, -0.25) is 0 Å². The van der Waals surface area contributed by atoms with Crippen LogP contribution in [0.25, 0.3) is 27.5 Å². The fourth-order valence-electron chi connectivity index (χ4n) is 3.82. The van der Waals surface area contributed by atoms with Crippen LogP contribution in [0, 0.1) is 12.1 Å². The zero-order valence-corrected chi connectivity index (χ0v) is 16.6. The average Bonchev–Trinajstić information content (AvgIpc) is 3.12. The van der Waals surface area contributed by atoms with E-state index in [0.717, 1.165) is 27.6 Å². The Morgan fingerprint density at radius 1 is 0.821 bits per heavy atom. The van der Waals surface area contributed by atoms with E-state index in [-0.39, 0.29) is 18.3 Å². The first-order valence-corrected chi connectivity index (χ1v) is 9.65. The van der Waals surface area contributed by atoms with Crippen molar-refractivity contribution in [3.63, 3.8) is 0 Å². The zero-order chi connectivity index (χ0) is 19.5. The highest BCUT2D eigenvalue weighted by Gasteiger charge is 2.51. The number of hydrogen-bond donors (Lipinski definition) is 0. The molecule has 2 heterocycles. The molecule has 0 saturated carbocycles. The second kappa shape index (κ2) is 5.88. The Morgan fingerprint density at radius 2 is 1.50 bits per heavy atom. The minimum atomic E-state index is -0.347. The van der Waals surface area contributed by atoms with Crippen LogP contribution in [0.4, 0.5) is 0 Å². The van der Waals surface area contributed by atoms with Gasteiger partial charge in [0.2, 0.25) is 0 Å². The van der Waals surface area contributed by atoms with E-state index >= 15 is 0 Å². The van der Waals surface area contributed by atoms with Crippen molar-refractivity contribution in [1.29, 1.82) is 0 Å². The first-order valence-electron chi connectivity index (χ1n) is 9.65. The topological polar surface area (TPSA) is 23.4 Å². The summed E-state index contributed by atoms with van der Waals surface area (Å²) in [6, 6.07) is 27.2. The molecule has 0 radical (unpaired) electrons. The van der Waals surface area contributed by atoms with Crippen molar-refractivity contribution in [1.82, 2.24) is 4.57 Å². The quantitative estimate of drug-likeness (QED) is 0.480. The van der Waals surface area contributed by atoms with Gasteiger partial charge in [0.05, 0.1) is 27.6 Å². The standard InChI is InChI=1S/C24H22BNO2/c1-23(2)24(3,4)28-25(27-23)17-13-15-18(16-14-17)26-21-11-7-5-9-19(21)20-10-6-8-12-22(20)26/h5,7-9,11-16H,1-4H3. The van der Waals surface area contributed by atoms with Gasteiger partial charge in [-0.15, -0.1) is 0 Å². The lowest BCUT2D eigenvalue weighted by Gasteiger charge is -2.32. The summed E-state index contributed by atoms with van der Waals surface area (Å²) in [6.07, 6.45) is 0. The maximum atomic E-state index is 6.18. The summed E-state index contributed by atoms with van der Waals surface area (Å²) in [5.41, 5.74) is 3.75. The molecule has 1 aromatic heterocycles. The second-order valence-corrected chi connectivity index (χ2v) is 8.40. The van der Waals surface area contributed by atoms with Gasteiger partial charge < -0.3 is 13.9 Å². The van der Waals surface area contributed by atoms with Crippen molar-refractivity contribution in [2.75, 3.05) is 0 Å². The summed E-state index contributed by atoms with van der Waals surface area (Å²) < 4.78 is 14.6. The van der Waals surface area contributed by atoms with Gasteiger partial charge in [-0.05, 0) is 63.5 Å². The summed E-state index contributed by atoms with van der Waals surface area (Å²) in [7, 11) is -0.347. The predicted molar refractivity (Wildman–Crippen MR) is 114 cm³/mol. The van der Waals surface area contributed by atoms with Crippen molar-refractivity contribution in [2.45, 2.75) is 38.9 Å². The molecule has 0 N–H and O–H groups in total. The zero-order valence-electron chi connectivity index (χ0n) is 16.6. The van der Waals surface area contributed by atoms with Gasteiger partial charge in [-0.1, -0.05) is 42.5 Å². The number of nitrogens with zero attached hydrogens (tertiary/aromatic N) is 1. The van der Waals surface area contributed by atoms with Crippen molar-refractivity contribution in [2.24, 2.45) is 0 Å². The lowest BCUT2D eigenvalue weighted by atomic mass is 9.79. The molecule has 5 rings (SSSR count). The van der Waals surface area contributed by atoms with E-state index in [1.165, 1.54) is 5.39 Å². The Morgan fingerprint density at radius 3 is 2.21 bits per heavy atom. The summed E-state index contributed by atoms with van der Waals surface area (Å²) in [5, 5.41) is 2.28. The highest BCUT2D eigenvalue weighted by Crippen LogP contribution is 2.36. The number of fused-ring (bicyclic) bond motifs is 3. The van der Waals surface area contributed by atoms with Crippen LogP contribution in [0.5, 0.6) is 0 Å². The lowest BCUT2D eigenvalue weighted by Crippen LogP contribution is -2.41. The Balaban J connectivity index is 1.59. The maximum Gasteiger partial charge on any atom is 0.494 e. The molecular formula is C24H22BNO2. The van der Waals surface area contributed by atoms with E-state index in [4.69, 9.17) is 9.31 Å². The second-order valence-electron chi connectivity index (χ2n) is 8.40.